The highest BCUT2D eigenvalue weighted by atomic mass is 32.2. The van der Waals surface area contributed by atoms with Crippen LogP contribution >= 0.6 is 11.8 Å². The van der Waals surface area contributed by atoms with Crippen LogP contribution in [0.1, 0.15) is 5.56 Å². The molecular formula is C11H15NO3S. The average Bonchev–Trinajstić information content (AvgIpc) is 2.29. The Morgan fingerprint density at radius 2 is 2.31 bits per heavy atom. The van der Waals surface area contributed by atoms with Crippen molar-refractivity contribution in [2.45, 2.75) is 11.3 Å². The second kappa shape index (κ2) is 6.27. The molecule has 0 fully saturated rings. The number of thioether (sulfide) groups is 1. The molecule has 0 aliphatic carbocycles. The highest BCUT2D eigenvalue weighted by Gasteiger charge is 2.04. The number of hydrogen-bond donors (Lipinski definition) is 2. The maximum absolute atomic E-state index is 10.3. The van der Waals surface area contributed by atoms with E-state index < -0.39 is 6.09 Å². The van der Waals surface area contributed by atoms with Crippen molar-refractivity contribution in [1.29, 1.82) is 0 Å². The van der Waals surface area contributed by atoms with Gasteiger partial charge >= 0.3 is 6.09 Å². The third-order valence-corrected chi connectivity index (χ3v) is 2.89. The summed E-state index contributed by atoms with van der Waals surface area (Å²) in [5, 5.41) is 10.8. The zero-order valence-corrected chi connectivity index (χ0v) is 10.1. The molecule has 0 radical (unpaired) electrons. The van der Waals surface area contributed by atoms with Crippen LogP contribution in [0, 0.1) is 0 Å². The lowest BCUT2D eigenvalue weighted by molar-refractivity contribution is 0.194. The summed E-state index contributed by atoms with van der Waals surface area (Å²) in [6.45, 7) is 0.393. The van der Waals surface area contributed by atoms with Crippen molar-refractivity contribution < 1.29 is 14.6 Å². The first-order chi connectivity index (χ1) is 7.67. The number of methoxy groups -OCH3 is 1. The number of rotatable bonds is 5. The average molecular weight is 241 g/mol. The van der Waals surface area contributed by atoms with E-state index in [4.69, 9.17) is 9.84 Å². The van der Waals surface area contributed by atoms with Gasteiger partial charge in [0.1, 0.15) is 5.75 Å². The monoisotopic (exact) mass is 241 g/mol. The van der Waals surface area contributed by atoms with Crippen molar-refractivity contribution in [3.8, 4) is 5.75 Å². The van der Waals surface area contributed by atoms with Crippen LogP contribution in [0.3, 0.4) is 0 Å². The molecule has 1 amide bonds. The van der Waals surface area contributed by atoms with E-state index >= 15 is 0 Å². The fourth-order valence-corrected chi connectivity index (χ4v) is 1.79. The quantitative estimate of drug-likeness (QED) is 0.776. The van der Waals surface area contributed by atoms with Gasteiger partial charge in [0.05, 0.1) is 7.11 Å². The van der Waals surface area contributed by atoms with E-state index in [1.165, 1.54) is 0 Å². The van der Waals surface area contributed by atoms with Crippen molar-refractivity contribution >= 4 is 17.9 Å². The molecule has 88 valence electrons. The Hall–Kier alpha value is -1.36. The van der Waals surface area contributed by atoms with Gasteiger partial charge in [-0.15, -0.1) is 11.8 Å². The number of carboxylic acid groups (broad SMARTS) is 1. The SMILES string of the molecule is COc1cc(SC)ccc1CCNC(=O)O. The summed E-state index contributed by atoms with van der Waals surface area (Å²) in [6, 6.07) is 5.93. The van der Waals surface area contributed by atoms with Gasteiger partial charge in [0.2, 0.25) is 0 Å². The molecule has 1 rings (SSSR count). The Balaban J connectivity index is 2.68. The summed E-state index contributed by atoms with van der Waals surface area (Å²) in [5.41, 5.74) is 1.01. The van der Waals surface area contributed by atoms with Gasteiger partial charge in [-0.2, -0.15) is 0 Å². The zero-order valence-electron chi connectivity index (χ0n) is 9.32. The zero-order chi connectivity index (χ0) is 12.0. The minimum atomic E-state index is -1.00. The number of nitrogens with one attached hydrogen (secondary N) is 1. The minimum absolute atomic E-state index is 0.393. The normalized spacial score (nSPS) is 9.88. The molecule has 4 nitrogen and oxygen atoms in total. The van der Waals surface area contributed by atoms with E-state index in [2.05, 4.69) is 5.32 Å². The number of amides is 1. The lowest BCUT2D eigenvalue weighted by atomic mass is 10.1. The van der Waals surface area contributed by atoms with E-state index in [1.807, 2.05) is 24.5 Å². The predicted octanol–water partition coefficient (Wildman–Crippen LogP) is 2.23. The van der Waals surface area contributed by atoms with E-state index in [0.29, 0.717) is 13.0 Å². The summed E-state index contributed by atoms with van der Waals surface area (Å²) in [4.78, 5) is 11.4. The van der Waals surface area contributed by atoms with Crippen LogP contribution in [0.4, 0.5) is 4.79 Å². The van der Waals surface area contributed by atoms with Crippen molar-refractivity contribution in [3.05, 3.63) is 23.8 Å². The number of ether oxygens (including phenoxy) is 1. The fourth-order valence-electron chi connectivity index (χ4n) is 1.36. The molecular weight excluding hydrogens is 226 g/mol. The van der Waals surface area contributed by atoms with Crippen LogP contribution in [0.2, 0.25) is 0 Å². The molecule has 0 aliphatic rings. The third-order valence-electron chi connectivity index (χ3n) is 2.16. The van der Waals surface area contributed by atoms with Crippen molar-refractivity contribution in [1.82, 2.24) is 5.32 Å². The van der Waals surface area contributed by atoms with Gasteiger partial charge in [0, 0.05) is 11.4 Å². The largest absolute Gasteiger partial charge is 0.496 e. The lowest BCUT2D eigenvalue weighted by Gasteiger charge is -2.09. The van der Waals surface area contributed by atoms with E-state index in [1.54, 1.807) is 18.9 Å². The summed E-state index contributed by atoms with van der Waals surface area (Å²) < 4.78 is 5.26. The molecule has 0 saturated heterocycles. The van der Waals surface area contributed by atoms with Gasteiger partial charge in [-0.25, -0.2) is 4.79 Å². The fraction of sp³-hybridized carbons (Fsp3) is 0.364. The van der Waals surface area contributed by atoms with Crippen LogP contribution in [0.15, 0.2) is 23.1 Å². The van der Waals surface area contributed by atoms with E-state index in [-0.39, 0.29) is 0 Å². The molecule has 5 heteroatoms. The summed E-state index contributed by atoms with van der Waals surface area (Å²) >= 11 is 1.65. The summed E-state index contributed by atoms with van der Waals surface area (Å²) in [7, 11) is 1.62. The standard InChI is InChI=1S/C11H15NO3S/c1-15-10-7-9(16-2)4-3-8(10)5-6-12-11(13)14/h3-4,7,12H,5-6H2,1-2H3,(H,13,14). The molecule has 1 aromatic carbocycles. The van der Waals surface area contributed by atoms with Gasteiger partial charge in [-0.1, -0.05) is 6.07 Å². The van der Waals surface area contributed by atoms with Crippen LogP contribution in [-0.2, 0) is 6.42 Å². The van der Waals surface area contributed by atoms with Gasteiger partial charge in [0.15, 0.2) is 0 Å². The highest BCUT2D eigenvalue weighted by molar-refractivity contribution is 7.98. The van der Waals surface area contributed by atoms with Gasteiger partial charge in [-0.05, 0) is 30.4 Å². The van der Waals surface area contributed by atoms with Crippen molar-refractivity contribution in [2.24, 2.45) is 0 Å². The van der Waals surface area contributed by atoms with Crippen LogP contribution in [0.25, 0.3) is 0 Å². The Kier molecular flexibility index (Phi) is 4.98. The van der Waals surface area contributed by atoms with Gasteiger partial charge in [-0.3, -0.25) is 0 Å². The second-order valence-electron chi connectivity index (χ2n) is 3.16. The summed E-state index contributed by atoms with van der Waals surface area (Å²) in [6.07, 6.45) is 1.63. The van der Waals surface area contributed by atoms with Crippen molar-refractivity contribution in [3.63, 3.8) is 0 Å². The Bertz CT molecular complexity index is 368. The van der Waals surface area contributed by atoms with Crippen LogP contribution in [-0.4, -0.2) is 31.1 Å². The topological polar surface area (TPSA) is 58.6 Å². The Morgan fingerprint density at radius 3 is 2.88 bits per heavy atom. The first-order valence-corrected chi connectivity index (χ1v) is 6.07. The minimum Gasteiger partial charge on any atom is -0.496 e. The molecule has 0 heterocycles. The number of benzene rings is 1. The first kappa shape index (κ1) is 12.7. The van der Waals surface area contributed by atoms with Gasteiger partial charge in [0.25, 0.3) is 0 Å². The van der Waals surface area contributed by atoms with Crippen LogP contribution in [0.5, 0.6) is 5.75 Å². The molecule has 0 aromatic heterocycles. The molecule has 0 aliphatic heterocycles. The molecule has 0 spiro atoms. The van der Waals surface area contributed by atoms with E-state index in [9.17, 15) is 4.79 Å². The molecule has 0 bridgehead atoms. The number of carbonyl (C=O) groups is 1. The van der Waals surface area contributed by atoms with E-state index in [0.717, 1.165) is 16.2 Å². The third kappa shape index (κ3) is 3.66. The molecule has 0 saturated carbocycles. The summed E-state index contributed by atoms with van der Waals surface area (Å²) in [5.74, 6) is 0.805. The Morgan fingerprint density at radius 1 is 1.56 bits per heavy atom. The molecule has 0 unspecified atom stereocenters. The van der Waals surface area contributed by atoms with Crippen molar-refractivity contribution in [2.75, 3.05) is 19.9 Å². The molecule has 16 heavy (non-hydrogen) atoms. The van der Waals surface area contributed by atoms with Gasteiger partial charge < -0.3 is 15.2 Å². The first-order valence-electron chi connectivity index (χ1n) is 4.85. The molecule has 2 N–H and O–H groups in total. The maximum atomic E-state index is 10.3. The molecule has 1 aromatic rings. The predicted molar refractivity (Wildman–Crippen MR) is 64.5 cm³/mol. The second-order valence-corrected chi connectivity index (χ2v) is 4.04. The smallest absolute Gasteiger partial charge is 0.404 e. The number of hydrogen-bond acceptors (Lipinski definition) is 3. The Labute approximate surface area is 99.0 Å². The molecule has 0 atom stereocenters. The van der Waals surface area contributed by atoms with Crippen LogP contribution < -0.4 is 10.1 Å². The maximum Gasteiger partial charge on any atom is 0.404 e. The highest BCUT2D eigenvalue weighted by Crippen LogP contribution is 2.25. The lowest BCUT2D eigenvalue weighted by Crippen LogP contribution is -2.23.